The molecule has 9 heteroatoms. The summed E-state index contributed by atoms with van der Waals surface area (Å²) < 4.78 is 16.2. The lowest BCUT2D eigenvalue weighted by Gasteiger charge is -2.32. The van der Waals surface area contributed by atoms with Gasteiger partial charge in [0.2, 0.25) is 17.1 Å². The highest BCUT2D eigenvalue weighted by Gasteiger charge is 2.28. The number of nitrogens with zero attached hydrogens (tertiary/aromatic N) is 1. The van der Waals surface area contributed by atoms with E-state index in [1.165, 1.54) is 24.8 Å². The van der Waals surface area contributed by atoms with Gasteiger partial charge in [-0.2, -0.15) is 0 Å². The number of aryl methyl sites for hydroxylation is 1. The van der Waals surface area contributed by atoms with Crippen molar-refractivity contribution in [3.05, 3.63) is 81.4 Å². The van der Waals surface area contributed by atoms with Gasteiger partial charge in [0.25, 0.3) is 0 Å². The largest absolute Gasteiger partial charge is 0.504 e. The fourth-order valence-corrected chi connectivity index (χ4v) is 4.83. The number of aromatic hydroxyl groups is 2. The number of likely N-dealkylation sites (tertiary alicyclic amines) is 1. The monoisotopic (exact) mass is 522 g/mol. The Kier molecular flexibility index (Phi) is 8.58. The first-order valence-electron chi connectivity index (χ1n) is 12.6. The summed E-state index contributed by atoms with van der Waals surface area (Å²) >= 11 is 0. The highest BCUT2D eigenvalue weighted by molar-refractivity contribution is 5.78. The Morgan fingerprint density at radius 1 is 1.08 bits per heavy atom. The molecular formula is C29H34N2O7. The number of phenolic OH excluding ortho intramolecular Hbond substituents is 1. The standard InChI is InChI=1S/C29H34N2O7/c1-18-14-25(33)28(35)29(38-18)23(20-6-9-24(32)26(15-20)37-3)16-27(34)30-21-10-12-31(13-11-21)17-19-4-7-22(36-2)8-5-19/h4-9,14-15,21,23,32,35H,10-13,16-17H2,1-3H3,(H,30,34). The highest BCUT2D eigenvalue weighted by atomic mass is 16.5. The van der Waals surface area contributed by atoms with E-state index in [0.717, 1.165) is 38.2 Å². The third-order valence-corrected chi connectivity index (χ3v) is 6.90. The lowest BCUT2D eigenvalue weighted by molar-refractivity contribution is -0.122. The molecule has 1 saturated heterocycles. The fraction of sp³-hybridized carbons (Fsp3) is 0.379. The van der Waals surface area contributed by atoms with Gasteiger partial charge in [0.15, 0.2) is 17.3 Å². The quantitative estimate of drug-likeness (QED) is 0.389. The molecule has 202 valence electrons. The number of hydrogen-bond acceptors (Lipinski definition) is 8. The summed E-state index contributed by atoms with van der Waals surface area (Å²) in [5.41, 5.74) is 1.19. The van der Waals surface area contributed by atoms with Gasteiger partial charge in [0.05, 0.1) is 20.1 Å². The number of carbonyl (C=O) groups is 1. The first-order chi connectivity index (χ1) is 18.3. The van der Waals surface area contributed by atoms with Crippen LogP contribution in [-0.4, -0.2) is 54.4 Å². The summed E-state index contributed by atoms with van der Waals surface area (Å²) in [5, 5.41) is 23.7. The molecule has 4 rings (SSSR count). The van der Waals surface area contributed by atoms with Crippen molar-refractivity contribution >= 4 is 5.91 Å². The van der Waals surface area contributed by atoms with Crippen LogP contribution in [0.2, 0.25) is 0 Å². The molecule has 38 heavy (non-hydrogen) atoms. The van der Waals surface area contributed by atoms with E-state index in [4.69, 9.17) is 13.9 Å². The summed E-state index contributed by atoms with van der Waals surface area (Å²) in [6, 6.07) is 13.9. The third-order valence-electron chi connectivity index (χ3n) is 6.90. The molecule has 0 saturated carbocycles. The number of ether oxygens (including phenoxy) is 2. The molecule has 1 fully saturated rings. The van der Waals surface area contributed by atoms with E-state index < -0.39 is 17.1 Å². The number of phenols is 1. The van der Waals surface area contributed by atoms with Crippen LogP contribution in [0.5, 0.6) is 23.0 Å². The Bertz CT molecular complexity index is 1310. The number of methoxy groups -OCH3 is 2. The second-order valence-electron chi connectivity index (χ2n) is 9.59. The molecule has 3 aromatic rings. The van der Waals surface area contributed by atoms with Crippen LogP contribution < -0.4 is 20.2 Å². The zero-order chi connectivity index (χ0) is 27.2. The number of benzene rings is 2. The van der Waals surface area contributed by atoms with E-state index >= 15 is 0 Å². The fourth-order valence-electron chi connectivity index (χ4n) is 4.83. The second kappa shape index (κ2) is 12.0. The molecule has 1 aliphatic rings. The average Bonchev–Trinajstić information content (AvgIpc) is 2.91. The number of hydrogen-bond donors (Lipinski definition) is 3. The van der Waals surface area contributed by atoms with Crippen LogP contribution >= 0.6 is 0 Å². The van der Waals surface area contributed by atoms with E-state index in [2.05, 4.69) is 22.3 Å². The van der Waals surface area contributed by atoms with Crippen molar-refractivity contribution in [2.24, 2.45) is 0 Å². The van der Waals surface area contributed by atoms with Gasteiger partial charge in [-0.25, -0.2) is 0 Å². The van der Waals surface area contributed by atoms with Gasteiger partial charge in [0.1, 0.15) is 11.5 Å². The van der Waals surface area contributed by atoms with Gasteiger partial charge in [0, 0.05) is 38.2 Å². The predicted octanol–water partition coefficient (Wildman–Crippen LogP) is 3.68. The van der Waals surface area contributed by atoms with Gasteiger partial charge in [-0.05, 0) is 55.2 Å². The minimum atomic E-state index is -0.757. The number of nitrogens with one attached hydrogen (secondary N) is 1. The van der Waals surface area contributed by atoms with E-state index in [0.29, 0.717) is 11.3 Å². The molecule has 1 aliphatic heterocycles. The SMILES string of the molecule is COc1ccc(CN2CCC(NC(=O)CC(c3ccc(O)c(OC)c3)c3oc(C)cc(=O)c3O)CC2)cc1. The minimum Gasteiger partial charge on any atom is -0.504 e. The summed E-state index contributed by atoms with van der Waals surface area (Å²) in [7, 11) is 3.07. The zero-order valence-corrected chi connectivity index (χ0v) is 21.9. The summed E-state index contributed by atoms with van der Waals surface area (Å²) in [6.07, 6.45) is 1.56. The Balaban J connectivity index is 1.43. The van der Waals surface area contributed by atoms with Gasteiger partial charge < -0.3 is 29.4 Å². The molecule has 1 unspecified atom stereocenters. The predicted molar refractivity (Wildman–Crippen MR) is 142 cm³/mol. The molecule has 1 amide bonds. The smallest absolute Gasteiger partial charge is 0.227 e. The summed E-state index contributed by atoms with van der Waals surface area (Å²) in [4.78, 5) is 27.8. The van der Waals surface area contributed by atoms with E-state index in [9.17, 15) is 19.8 Å². The normalized spacial score (nSPS) is 15.1. The first kappa shape index (κ1) is 27.1. The number of piperidine rings is 1. The average molecular weight is 523 g/mol. The second-order valence-corrected chi connectivity index (χ2v) is 9.59. The first-order valence-corrected chi connectivity index (χ1v) is 12.6. The summed E-state index contributed by atoms with van der Waals surface area (Å²) in [5.74, 6) is -0.200. The van der Waals surface area contributed by atoms with Crippen LogP contribution in [0, 0.1) is 6.92 Å². The molecule has 2 heterocycles. The molecular weight excluding hydrogens is 488 g/mol. The molecule has 0 radical (unpaired) electrons. The molecule has 9 nitrogen and oxygen atoms in total. The molecule has 3 N–H and O–H groups in total. The minimum absolute atomic E-state index is 0.00667. The Morgan fingerprint density at radius 3 is 2.45 bits per heavy atom. The van der Waals surface area contributed by atoms with Gasteiger partial charge in [-0.3, -0.25) is 14.5 Å². The van der Waals surface area contributed by atoms with E-state index in [1.54, 1.807) is 26.2 Å². The molecule has 1 atom stereocenters. The molecule has 2 aromatic carbocycles. The lowest BCUT2D eigenvalue weighted by Crippen LogP contribution is -2.44. The van der Waals surface area contributed by atoms with Crippen LogP contribution in [0.1, 0.15) is 47.8 Å². The van der Waals surface area contributed by atoms with Crippen molar-refractivity contribution in [2.45, 2.75) is 44.7 Å². The van der Waals surface area contributed by atoms with Crippen molar-refractivity contribution in [3.8, 4) is 23.0 Å². The van der Waals surface area contributed by atoms with Crippen LogP contribution in [0.15, 0.2) is 57.7 Å². The number of rotatable bonds is 9. The Labute approximate surface area is 221 Å². The van der Waals surface area contributed by atoms with Crippen molar-refractivity contribution in [1.82, 2.24) is 10.2 Å². The molecule has 0 aliphatic carbocycles. The van der Waals surface area contributed by atoms with Crippen molar-refractivity contribution < 1.29 is 28.9 Å². The maximum absolute atomic E-state index is 13.2. The van der Waals surface area contributed by atoms with Crippen molar-refractivity contribution in [3.63, 3.8) is 0 Å². The molecule has 0 bridgehead atoms. The van der Waals surface area contributed by atoms with Crippen molar-refractivity contribution in [2.75, 3.05) is 27.3 Å². The lowest BCUT2D eigenvalue weighted by atomic mass is 9.91. The van der Waals surface area contributed by atoms with E-state index in [-0.39, 0.29) is 35.6 Å². The van der Waals surface area contributed by atoms with Crippen molar-refractivity contribution in [1.29, 1.82) is 0 Å². The zero-order valence-electron chi connectivity index (χ0n) is 21.9. The van der Waals surface area contributed by atoms with Crippen LogP contribution in [0.25, 0.3) is 0 Å². The maximum Gasteiger partial charge on any atom is 0.227 e. The third kappa shape index (κ3) is 6.47. The summed E-state index contributed by atoms with van der Waals surface area (Å²) in [6.45, 7) is 4.14. The van der Waals surface area contributed by atoms with Crippen LogP contribution in [0.3, 0.4) is 0 Å². The topological polar surface area (TPSA) is 121 Å². The number of carbonyl (C=O) groups excluding carboxylic acids is 1. The molecule has 0 spiro atoms. The highest BCUT2D eigenvalue weighted by Crippen LogP contribution is 2.37. The number of amides is 1. The van der Waals surface area contributed by atoms with Gasteiger partial charge in [-0.15, -0.1) is 0 Å². The Morgan fingerprint density at radius 2 is 1.79 bits per heavy atom. The van der Waals surface area contributed by atoms with E-state index in [1.807, 2.05) is 12.1 Å². The molecule has 1 aromatic heterocycles. The van der Waals surface area contributed by atoms with Gasteiger partial charge >= 0.3 is 0 Å². The van der Waals surface area contributed by atoms with Crippen LogP contribution in [0.4, 0.5) is 0 Å². The maximum atomic E-state index is 13.2. The van der Waals surface area contributed by atoms with Crippen LogP contribution in [-0.2, 0) is 11.3 Å². The Hall–Kier alpha value is -3.98. The van der Waals surface area contributed by atoms with Gasteiger partial charge in [-0.1, -0.05) is 18.2 Å².